The van der Waals surface area contributed by atoms with E-state index in [1.807, 2.05) is 11.8 Å². The molecule has 2 fully saturated rings. The van der Waals surface area contributed by atoms with Gasteiger partial charge >= 0.3 is 6.03 Å². The average molecular weight is 447 g/mol. The van der Waals surface area contributed by atoms with Crippen LogP contribution in [0.5, 0.6) is 0 Å². The summed E-state index contributed by atoms with van der Waals surface area (Å²) in [6.45, 7) is 4.82. The Morgan fingerprint density at radius 3 is 2.43 bits per heavy atom. The molecule has 174 valence electrons. The van der Waals surface area contributed by atoms with Crippen molar-refractivity contribution in [3.63, 3.8) is 0 Å². The van der Waals surface area contributed by atoms with E-state index in [1.165, 1.54) is 0 Å². The van der Waals surface area contributed by atoms with Crippen LogP contribution in [0.4, 0.5) is 4.79 Å². The predicted octanol–water partition coefficient (Wildman–Crippen LogP) is 0.617. The molecule has 2 heterocycles. The molecule has 3 atom stereocenters. The van der Waals surface area contributed by atoms with Gasteiger partial charge in [-0.1, -0.05) is 6.42 Å². The first-order valence-corrected chi connectivity index (χ1v) is 12.1. The second-order valence-corrected chi connectivity index (χ2v) is 8.82. The normalized spacial score (nSPS) is 22.6. The summed E-state index contributed by atoms with van der Waals surface area (Å²) in [7, 11) is 0. The number of urea groups is 1. The van der Waals surface area contributed by atoms with Crippen LogP contribution >= 0.6 is 11.8 Å². The lowest BCUT2D eigenvalue weighted by molar-refractivity contribution is -0.121. The smallest absolute Gasteiger partial charge is 0.315 e. The number of thioether (sulfide) groups is 1. The Morgan fingerprint density at radius 1 is 1.00 bits per heavy atom. The minimum absolute atomic E-state index is 0.0464. The van der Waals surface area contributed by atoms with Crippen LogP contribution in [-0.2, 0) is 19.0 Å². The van der Waals surface area contributed by atoms with Gasteiger partial charge in [-0.15, -0.1) is 0 Å². The summed E-state index contributed by atoms with van der Waals surface area (Å²) in [5, 5.41) is 9.36. The van der Waals surface area contributed by atoms with Crippen molar-refractivity contribution in [2.75, 3.05) is 58.5 Å². The molecule has 9 nitrogen and oxygen atoms in total. The van der Waals surface area contributed by atoms with Gasteiger partial charge < -0.3 is 35.9 Å². The number of carbonyl (C=O) groups excluding carboxylic acids is 2. The Hall–Kier alpha value is -1.07. The van der Waals surface area contributed by atoms with Gasteiger partial charge in [-0.2, -0.15) is 11.8 Å². The summed E-state index contributed by atoms with van der Waals surface area (Å²) in [5.41, 5.74) is 5.38. The van der Waals surface area contributed by atoms with Crippen molar-refractivity contribution in [1.29, 1.82) is 0 Å². The highest BCUT2D eigenvalue weighted by molar-refractivity contribution is 8.00. The van der Waals surface area contributed by atoms with Crippen LogP contribution in [0.3, 0.4) is 0 Å². The van der Waals surface area contributed by atoms with Crippen molar-refractivity contribution in [1.82, 2.24) is 16.0 Å². The first-order valence-electron chi connectivity index (χ1n) is 11.1. The number of amides is 3. The zero-order chi connectivity index (χ0) is 21.4. The van der Waals surface area contributed by atoms with E-state index < -0.39 is 0 Å². The van der Waals surface area contributed by atoms with Crippen LogP contribution in [-0.4, -0.2) is 87.8 Å². The Bertz CT molecular complexity index is 500. The summed E-state index contributed by atoms with van der Waals surface area (Å²) < 4.78 is 16.2. The molecule has 10 heteroatoms. The van der Waals surface area contributed by atoms with Crippen molar-refractivity contribution in [3.8, 4) is 0 Å². The molecule has 0 aromatic heterocycles. The minimum Gasteiger partial charge on any atom is -0.379 e. The average Bonchev–Trinajstić information content (AvgIpc) is 3.28. The highest BCUT2D eigenvalue weighted by atomic mass is 32.2. The van der Waals surface area contributed by atoms with Crippen molar-refractivity contribution >= 4 is 23.7 Å². The number of fused-ring (bicyclic) bond motifs is 1. The van der Waals surface area contributed by atoms with Gasteiger partial charge in [0.05, 0.1) is 38.5 Å². The van der Waals surface area contributed by atoms with Crippen LogP contribution in [0, 0.1) is 0 Å². The van der Waals surface area contributed by atoms with Gasteiger partial charge in [0.25, 0.3) is 0 Å². The van der Waals surface area contributed by atoms with Crippen molar-refractivity contribution in [2.24, 2.45) is 5.73 Å². The molecule has 2 rings (SSSR count). The van der Waals surface area contributed by atoms with E-state index in [2.05, 4.69) is 16.0 Å². The van der Waals surface area contributed by atoms with Crippen LogP contribution in [0.25, 0.3) is 0 Å². The fraction of sp³-hybridized carbons (Fsp3) is 0.900. The lowest BCUT2D eigenvalue weighted by atomic mass is 10.0. The standard InChI is InChI=1S/C20H38N4O5S/c21-7-3-9-27-11-13-29-14-12-28-10-4-8-22-18(25)6-2-1-5-17-19-16(15-30-17)23-20(26)24-19/h16-17,19H,1-15,21H2,(H,22,25)(H2,23,24,26)/t16-,17-,19-/m0/s1. The Kier molecular flexibility index (Phi) is 13.2. The van der Waals surface area contributed by atoms with Gasteiger partial charge in [0.2, 0.25) is 5.91 Å². The molecule has 0 aliphatic carbocycles. The number of carbonyl (C=O) groups is 2. The zero-order valence-corrected chi connectivity index (χ0v) is 18.7. The molecule has 0 spiro atoms. The number of nitrogens with one attached hydrogen (secondary N) is 3. The first kappa shape index (κ1) is 25.2. The van der Waals surface area contributed by atoms with Gasteiger partial charge in [-0.25, -0.2) is 4.79 Å². The van der Waals surface area contributed by atoms with Crippen molar-refractivity contribution < 1.29 is 23.8 Å². The van der Waals surface area contributed by atoms with E-state index in [4.69, 9.17) is 19.9 Å². The number of rotatable bonds is 18. The van der Waals surface area contributed by atoms with Gasteiger partial charge in [0.1, 0.15) is 0 Å². The van der Waals surface area contributed by atoms with Crippen LogP contribution in [0.1, 0.15) is 38.5 Å². The summed E-state index contributed by atoms with van der Waals surface area (Å²) >= 11 is 1.92. The third-order valence-electron chi connectivity index (χ3n) is 5.11. The molecule has 0 saturated carbocycles. The topological polar surface area (TPSA) is 124 Å². The van der Waals surface area contributed by atoms with E-state index in [0.29, 0.717) is 64.4 Å². The summed E-state index contributed by atoms with van der Waals surface area (Å²) in [5.74, 6) is 1.08. The molecule has 2 aliphatic heterocycles. The largest absolute Gasteiger partial charge is 0.379 e. The van der Waals surface area contributed by atoms with E-state index in [9.17, 15) is 9.59 Å². The molecule has 30 heavy (non-hydrogen) atoms. The van der Waals surface area contributed by atoms with Crippen molar-refractivity contribution in [2.45, 2.75) is 55.9 Å². The molecule has 0 unspecified atom stereocenters. The fourth-order valence-electron chi connectivity index (χ4n) is 3.49. The number of hydrogen-bond donors (Lipinski definition) is 4. The molecule has 0 radical (unpaired) electrons. The molecular formula is C20H38N4O5S. The van der Waals surface area contributed by atoms with E-state index in [0.717, 1.165) is 37.9 Å². The maximum Gasteiger partial charge on any atom is 0.315 e. The molecule has 2 saturated heterocycles. The van der Waals surface area contributed by atoms with Crippen LogP contribution in [0.15, 0.2) is 0 Å². The molecule has 2 aliphatic rings. The zero-order valence-electron chi connectivity index (χ0n) is 17.9. The maximum absolute atomic E-state index is 11.9. The second kappa shape index (κ2) is 15.7. The van der Waals surface area contributed by atoms with E-state index >= 15 is 0 Å². The lowest BCUT2D eigenvalue weighted by Gasteiger charge is -2.16. The molecule has 5 N–H and O–H groups in total. The summed E-state index contributed by atoms with van der Waals surface area (Å²) in [4.78, 5) is 23.3. The van der Waals surface area contributed by atoms with Gasteiger partial charge in [0, 0.05) is 37.2 Å². The SMILES string of the molecule is NCCCOCCOCCOCCCNC(=O)CCCC[C@@H]1SC[C@@H]2NC(=O)N[C@@H]21. The van der Waals surface area contributed by atoms with Crippen LogP contribution in [0.2, 0.25) is 0 Å². The third kappa shape index (κ3) is 10.3. The number of nitrogens with two attached hydrogens (primary N) is 1. The summed E-state index contributed by atoms with van der Waals surface area (Å²) in [6.07, 6.45) is 5.15. The number of unbranched alkanes of at least 4 members (excludes halogenated alkanes) is 1. The van der Waals surface area contributed by atoms with Crippen molar-refractivity contribution in [3.05, 3.63) is 0 Å². The van der Waals surface area contributed by atoms with Gasteiger partial charge in [-0.3, -0.25) is 4.79 Å². The summed E-state index contributed by atoms with van der Waals surface area (Å²) in [6, 6.07) is 0.469. The quantitative estimate of drug-likeness (QED) is 0.180. The fourth-order valence-corrected chi connectivity index (χ4v) is 5.04. The Labute approximate surface area is 183 Å². The lowest BCUT2D eigenvalue weighted by Crippen LogP contribution is -2.36. The monoisotopic (exact) mass is 446 g/mol. The second-order valence-electron chi connectivity index (χ2n) is 7.55. The Morgan fingerprint density at radius 2 is 1.70 bits per heavy atom. The highest BCUT2D eigenvalue weighted by Crippen LogP contribution is 2.33. The number of hydrogen-bond acceptors (Lipinski definition) is 7. The molecular weight excluding hydrogens is 408 g/mol. The third-order valence-corrected chi connectivity index (χ3v) is 6.61. The Balaban J connectivity index is 1.31. The minimum atomic E-state index is -0.0464. The first-order chi connectivity index (χ1) is 14.7. The van der Waals surface area contributed by atoms with E-state index in [1.54, 1.807) is 0 Å². The molecule has 3 amide bonds. The van der Waals surface area contributed by atoms with Gasteiger partial charge in [0.15, 0.2) is 0 Å². The highest BCUT2D eigenvalue weighted by Gasteiger charge is 2.42. The van der Waals surface area contributed by atoms with E-state index in [-0.39, 0.29) is 24.0 Å². The molecule has 0 bridgehead atoms. The van der Waals surface area contributed by atoms with Gasteiger partial charge in [-0.05, 0) is 32.2 Å². The predicted molar refractivity (Wildman–Crippen MR) is 118 cm³/mol. The molecule has 0 aromatic carbocycles. The van der Waals surface area contributed by atoms with Crippen LogP contribution < -0.4 is 21.7 Å². The number of ether oxygens (including phenoxy) is 3. The molecule has 0 aromatic rings. The maximum atomic E-state index is 11.9.